The predicted molar refractivity (Wildman–Crippen MR) is 128 cm³/mol. The summed E-state index contributed by atoms with van der Waals surface area (Å²) in [6.45, 7) is -0.0652. The third kappa shape index (κ3) is 5.08. The molecule has 0 aromatic heterocycles. The Morgan fingerprint density at radius 2 is 1.58 bits per heavy atom. The van der Waals surface area contributed by atoms with Crippen molar-refractivity contribution in [3.63, 3.8) is 0 Å². The summed E-state index contributed by atoms with van der Waals surface area (Å²) < 4.78 is 11.3. The normalized spacial score (nSPS) is 14.9. The lowest BCUT2D eigenvalue weighted by molar-refractivity contribution is -0.122. The van der Waals surface area contributed by atoms with Crippen LogP contribution in [0.2, 0.25) is 0 Å². The molecule has 1 aliphatic heterocycles. The summed E-state index contributed by atoms with van der Waals surface area (Å²) in [5.74, 6) is 0.575. The fraction of sp³-hybridized carbons (Fsp3) is 0.0800. The minimum Gasteiger partial charge on any atom is -0.491 e. The first-order valence-corrected chi connectivity index (χ1v) is 10.5. The summed E-state index contributed by atoms with van der Waals surface area (Å²) in [6, 6.07) is 23.1. The van der Waals surface area contributed by atoms with Crippen molar-refractivity contribution in [2.75, 3.05) is 18.1 Å². The molecule has 4 rings (SSSR count). The van der Waals surface area contributed by atoms with E-state index in [0.29, 0.717) is 28.5 Å². The molecule has 0 radical (unpaired) electrons. The van der Waals surface area contributed by atoms with E-state index in [0.717, 1.165) is 0 Å². The van der Waals surface area contributed by atoms with Crippen molar-refractivity contribution in [3.8, 4) is 17.2 Å². The standard InChI is InChI=1S/C25H20N2O5S/c28-14-15-31-22-9-5-4-6-17(22)16-21-23(29)26-25(33)27(24(21)30)18-10-12-20(13-11-18)32-19-7-2-1-3-8-19/h1-13,16,28H,14-15H2,(H,26,29,33)/b21-16+. The van der Waals surface area contributed by atoms with E-state index in [1.165, 1.54) is 11.0 Å². The number of para-hydroxylation sites is 2. The molecule has 33 heavy (non-hydrogen) atoms. The molecule has 7 nitrogen and oxygen atoms in total. The summed E-state index contributed by atoms with van der Waals surface area (Å²) in [6.07, 6.45) is 1.45. The van der Waals surface area contributed by atoms with Crippen LogP contribution in [0.3, 0.4) is 0 Å². The second kappa shape index (κ2) is 10.1. The molecule has 0 aliphatic carbocycles. The van der Waals surface area contributed by atoms with Gasteiger partial charge in [-0.05, 0) is 60.8 Å². The van der Waals surface area contributed by atoms with Crippen molar-refractivity contribution in [2.24, 2.45) is 0 Å². The SMILES string of the molecule is O=C1NC(=S)N(c2ccc(Oc3ccccc3)cc2)C(=O)/C1=C/c1ccccc1OCCO. The lowest BCUT2D eigenvalue weighted by Crippen LogP contribution is -2.54. The maximum absolute atomic E-state index is 13.2. The van der Waals surface area contributed by atoms with Gasteiger partial charge in [-0.25, -0.2) is 0 Å². The lowest BCUT2D eigenvalue weighted by atomic mass is 10.1. The first-order chi connectivity index (χ1) is 16.1. The predicted octanol–water partition coefficient (Wildman–Crippen LogP) is 3.68. The van der Waals surface area contributed by atoms with Crippen LogP contribution in [0, 0.1) is 0 Å². The second-order valence-electron chi connectivity index (χ2n) is 6.98. The van der Waals surface area contributed by atoms with Gasteiger partial charge in [0.15, 0.2) is 5.11 Å². The highest BCUT2D eigenvalue weighted by Crippen LogP contribution is 2.28. The van der Waals surface area contributed by atoms with Gasteiger partial charge in [-0.15, -0.1) is 0 Å². The average Bonchev–Trinajstić information content (AvgIpc) is 2.82. The number of amides is 2. The molecule has 0 atom stereocenters. The third-order valence-corrected chi connectivity index (χ3v) is 5.03. The lowest BCUT2D eigenvalue weighted by Gasteiger charge is -2.29. The highest BCUT2D eigenvalue weighted by Gasteiger charge is 2.34. The number of ether oxygens (including phenoxy) is 2. The summed E-state index contributed by atoms with van der Waals surface area (Å²) in [4.78, 5) is 27.1. The molecule has 8 heteroatoms. The van der Waals surface area contributed by atoms with E-state index in [1.807, 2.05) is 30.3 Å². The fourth-order valence-corrected chi connectivity index (χ4v) is 3.50. The summed E-state index contributed by atoms with van der Waals surface area (Å²) in [7, 11) is 0. The van der Waals surface area contributed by atoms with Gasteiger partial charge in [0.1, 0.15) is 29.4 Å². The number of thiocarbonyl (C=S) groups is 1. The zero-order valence-corrected chi connectivity index (χ0v) is 18.2. The molecule has 166 valence electrons. The molecular weight excluding hydrogens is 440 g/mol. The largest absolute Gasteiger partial charge is 0.491 e. The van der Waals surface area contributed by atoms with Crippen LogP contribution in [0.5, 0.6) is 17.2 Å². The maximum atomic E-state index is 13.2. The highest BCUT2D eigenvalue weighted by atomic mass is 32.1. The highest BCUT2D eigenvalue weighted by molar-refractivity contribution is 7.80. The number of anilines is 1. The molecule has 0 unspecified atom stereocenters. The van der Waals surface area contributed by atoms with Gasteiger partial charge >= 0.3 is 0 Å². The van der Waals surface area contributed by atoms with E-state index in [-0.39, 0.29) is 23.9 Å². The second-order valence-corrected chi connectivity index (χ2v) is 7.36. The van der Waals surface area contributed by atoms with Crippen molar-refractivity contribution in [2.45, 2.75) is 0 Å². The zero-order valence-electron chi connectivity index (χ0n) is 17.4. The van der Waals surface area contributed by atoms with E-state index in [9.17, 15) is 9.59 Å². The Bertz CT molecular complexity index is 1210. The van der Waals surface area contributed by atoms with E-state index < -0.39 is 11.8 Å². The smallest absolute Gasteiger partial charge is 0.270 e. The number of aliphatic hydroxyl groups excluding tert-OH is 1. The monoisotopic (exact) mass is 460 g/mol. The van der Waals surface area contributed by atoms with E-state index >= 15 is 0 Å². The molecule has 0 bridgehead atoms. The molecule has 1 heterocycles. The minimum atomic E-state index is -0.595. The summed E-state index contributed by atoms with van der Waals surface area (Å²) in [5.41, 5.74) is 0.929. The van der Waals surface area contributed by atoms with Gasteiger partial charge in [0.25, 0.3) is 11.8 Å². The van der Waals surface area contributed by atoms with Crippen molar-refractivity contribution in [1.29, 1.82) is 0 Å². The van der Waals surface area contributed by atoms with Crippen molar-refractivity contribution < 1.29 is 24.2 Å². The zero-order chi connectivity index (χ0) is 23.2. The van der Waals surface area contributed by atoms with Gasteiger partial charge in [-0.3, -0.25) is 19.8 Å². The Kier molecular flexibility index (Phi) is 6.77. The van der Waals surface area contributed by atoms with E-state index in [1.54, 1.807) is 48.5 Å². The van der Waals surface area contributed by atoms with Crippen LogP contribution in [0.1, 0.15) is 5.56 Å². The molecule has 3 aromatic carbocycles. The quantitative estimate of drug-likeness (QED) is 0.318. The topological polar surface area (TPSA) is 88.1 Å². The number of rotatable bonds is 7. The number of aliphatic hydroxyl groups is 1. The third-order valence-electron chi connectivity index (χ3n) is 4.74. The van der Waals surface area contributed by atoms with Crippen molar-refractivity contribution in [3.05, 3.63) is 90.0 Å². The van der Waals surface area contributed by atoms with Crippen LogP contribution in [-0.4, -0.2) is 35.2 Å². The molecule has 1 aliphatic rings. The van der Waals surface area contributed by atoms with E-state index in [2.05, 4.69) is 5.32 Å². The molecular formula is C25H20N2O5S. The van der Waals surface area contributed by atoms with Crippen molar-refractivity contribution in [1.82, 2.24) is 5.32 Å². The molecule has 0 saturated carbocycles. The summed E-state index contributed by atoms with van der Waals surface area (Å²) >= 11 is 5.26. The van der Waals surface area contributed by atoms with E-state index in [4.69, 9.17) is 26.8 Å². The average molecular weight is 461 g/mol. The van der Waals surface area contributed by atoms with Crippen LogP contribution in [-0.2, 0) is 9.59 Å². The fourth-order valence-electron chi connectivity index (χ4n) is 3.22. The molecule has 1 saturated heterocycles. The van der Waals surface area contributed by atoms with Gasteiger partial charge in [0.2, 0.25) is 0 Å². The molecule has 1 fully saturated rings. The van der Waals surface area contributed by atoms with Crippen LogP contribution in [0.25, 0.3) is 6.08 Å². The first kappa shape index (κ1) is 22.2. The Morgan fingerprint density at radius 1 is 0.909 bits per heavy atom. The van der Waals surface area contributed by atoms with Gasteiger partial charge < -0.3 is 14.6 Å². The first-order valence-electron chi connectivity index (χ1n) is 10.1. The number of benzene rings is 3. The summed E-state index contributed by atoms with van der Waals surface area (Å²) in [5, 5.41) is 11.6. The number of carbonyl (C=O) groups excluding carboxylic acids is 2. The minimum absolute atomic E-state index is 0.0105. The number of nitrogens with one attached hydrogen (secondary N) is 1. The number of carbonyl (C=O) groups is 2. The number of nitrogens with zero attached hydrogens (tertiary/aromatic N) is 1. The van der Waals surface area contributed by atoms with Crippen LogP contribution in [0.4, 0.5) is 5.69 Å². The molecule has 3 aromatic rings. The van der Waals surface area contributed by atoms with Gasteiger partial charge in [-0.1, -0.05) is 36.4 Å². The van der Waals surface area contributed by atoms with Crippen molar-refractivity contribution >= 4 is 40.9 Å². The Hall–Kier alpha value is -4.01. The number of hydrogen-bond acceptors (Lipinski definition) is 6. The van der Waals surface area contributed by atoms with Gasteiger partial charge in [-0.2, -0.15) is 0 Å². The van der Waals surface area contributed by atoms with Crippen LogP contribution < -0.4 is 19.7 Å². The maximum Gasteiger partial charge on any atom is 0.270 e. The molecule has 2 N–H and O–H groups in total. The molecule has 2 amide bonds. The van der Waals surface area contributed by atoms with Gasteiger partial charge in [0, 0.05) is 5.56 Å². The Balaban J connectivity index is 1.60. The number of hydrogen-bond donors (Lipinski definition) is 2. The van der Waals surface area contributed by atoms with Crippen LogP contribution >= 0.6 is 12.2 Å². The molecule has 0 spiro atoms. The van der Waals surface area contributed by atoms with Crippen LogP contribution in [0.15, 0.2) is 84.4 Å². The Morgan fingerprint density at radius 3 is 2.30 bits per heavy atom. The Labute approximate surface area is 195 Å². The van der Waals surface area contributed by atoms with Gasteiger partial charge in [0.05, 0.1) is 12.3 Å².